The normalized spacial score (nSPS) is 20.2. The second kappa shape index (κ2) is 9.60. The van der Waals surface area contributed by atoms with Crippen LogP contribution in [0.3, 0.4) is 0 Å². The van der Waals surface area contributed by atoms with Crippen molar-refractivity contribution in [1.82, 2.24) is 4.31 Å². The minimum atomic E-state index is -3.81. The van der Waals surface area contributed by atoms with Crippen molar-refractivity contribution < 1.29 is 22.7 Å². The molecule has 0 spiro atoms. The van der Waals surface area contributed by atoms with Gasteiger partial charge in [-0.1, -0.05) is 29.8 Å². The highest BCUT2D eigenvalue weighted by atomic mass is 35.5. The van der Waals surface area contributed by atoms with Crippen molar-refractivity contribution in [3.63, 3.8) is 0 Å². The number of anilines is 1. The van der Waals surface area contributed by atoms with Crippen LogP contribution in [0.4, 0.5) is 5.69 Å². The summed E-state index contributed by atoms with van der Waals surface area (Å²) in [5.74, 6) is -0.887. The van der Waals surface area contributed by atoms with Crippen LogP contribution in [0.15, 0.2) is 53.4 Å². The van der Waals surface area contributed by atoms with Crippen molar-refractivity contribution in [3.8, 4) is 0 Å². The highest BCUT2D eigenvalue weighted by Gasteiger charge is 2.31. The topological polar surface area (TPSA) is 84.0 Å². The molecule has 1 saturated carbocycles. The van der Waals surface area contributed by atoms with Gasteiger partial charge in [0, 0.05) is 38.3 Å². The molecule has 1 heterocycles. The van der Waals surface area contributed by atoms with Gasteiger partial charge in [0.15, 0.2) is 11.9 Å². The summed E-state index contributed by atoms with van der Waals surface area (Å²) in [6.45, 7) is 1.79. The monoisotopic (exact) mass is 476 g/mol. The van der Waals surface area contributed by atoms with Crippen molar-refractivity contribution in [2.45, 2.75) is 36.7 Å². The summed E-state index contributed by atoms with van der Waals surface area (Å²) in [6, 6.07) is 13.9. The average molecular weight is 477 g/mol. The fourth-order valence-corrected chi connectivity index (χ4v) is 5.71. The Morgan fingerprint density at radius 2 is 1.72 bits per heavy atom. The van der Waals surface area contributed by atoms with E-state index in [4.69, 9.17) is 16.3 Å². The highest BCUT2D eigenvalue weighted by molar-refractivity contribution is 7.89. The van der Waals surface area contributed by atoms with Crippen molar-refractivity contribution in [3.05, 3.63) is 59.1 Å². The van der Waals surface area contributed by atoms with E-state index in [-0.39, 0.29) is 21.3 Å². The first-order valence-electron chi connectivity index (χ1n) is 10.7. The van der Waals surface area contributed by atoms with Crippen LogP contribution in [0, 0.1) is 0 Å². The molecule has 0 bridgehead atoms. The molecule has 0 amide bonds. The van der Waals surface area contributed by atoms with Crippen molar-refractivity contribution >= 4 is 39.1 Å². The Bertz CT molecular complexity index is 1100. The van der Waals surface area contributed by atoms with Crippen LogP contribution in [-0.4, -0.2) is 56.8 Å². The Hall–Kier alpha value is -2.42. The van der Waals surface area contributed by atoms with Gasteiger partial charge >= 0.3 is 5.97 Å². The van der Waals surface area contributed by atoms with Gasteiger partial charge in [-0.3, -0.25) is 4.79 Å². The van der Waals surface area contributed by atoms with Gasteiger partial charge < -0.3 is 9.64 Å². The molecule has 1 unspecified atom stereocenters. The van der Waals surface area contributed by atoms with E-state index in [1.807, 2.05) is 30.3 Å². The van der Waals surface area contributed by atoms with Crippen molar-refractivity contribution in [2.24, 2.45) is 0 Å². The zero-order chi connectivity index (χ0) is 22.7. The first kappa shape index (κ1) is 22.8. The summed E-state index contributed by atoms with van der Waals surface area (Å²) in [6.07, 6.45) is 1.67. The number of carbonyl (C=O) groups excluding carboxylic acids is 2. The van der Waals surface area contributed by atoms with Crippen LogP contribution in [0.1, 0.15) is 36.0 Å². The van der Waals surface area contributed by atoms with Crippen LogP contribution in [0.2, 0.25) is 5.02 Å². The number of carbonyl (C=O) groups is 2. The van der Waals surface area contributed by atoms with Crippen LogP contribution >= 0.6 is 11.6 Å². The van der Waals surface area contributed by atoms with Gasteiger partial charge in [-0.25, -0.2) is 13.2 Å². The first-order chi connectivity index (χ1) is 15.4. The third kappa shape index (κ3) is 4.82. The number of piperazine rings is 1. The summed E-state index contributed by atoms with van der Waals surface area (Å²) in [7, 11) is -3.81. The van der Waals surface area contributed by atoms with Crippen molar-refractivity contribution in [2.75, 3.05) is 31.1 Å². The molecular weight excluding hydrogens is 452 g/mol. The number of benzene rings is 2. The lowest BCUT2D eigenvalue weighted by molar-refractivity contribution is -0.129. The molecule has 2 aromatic carbocycles. The fourth-order valence-electron chi connectivity index (χ4n) is 4.06. The number of Topliss-reactive ketones (excluding diaryl/α,β-unsaturated/α-hetero) is 1. The molecule has 0 N–H and O–H groups in total. The molecule has 170 valence electrons. The Labute approximate surface area is 193 Å². The minimum Gasteiger partial charge on any atom is -0.451 e. The number of halogens is 1. The molecule has 2 aliphatic rings. The number of hydrogen-bond acceptors (Lipinski definition) is 6. The summed E-state index contributed by atoms with van der Waals surface area (Å²) in [5, 5.41) is 0.0890. The van der Waals surface area contributed by atoms with E-state index >= 15 is 0 Å². The lowest BCUT2D eigenvalue weighted by Crippen LogP contribution is -2.48. The molecule has 2 aromatic rings. The predicted molar refractivity (Wildman–Crippen MR) is 122 cm³/mol. The molecule has 0 aromatic heterocycles. The maximum absolute atomic E-state index is 13.2. The van der Waals surface area contributed by atoms with E-state index < -0.39 is 22.1 Å². The molecule has 32 heavy (non-hydrogen) atoms. The van der Waals surface area contributed by atoms with Gasteiger partial charge in [0.05, 0.1) is 15.5 Å². The molecule has 7 nitrogen and oxygen atoms in total. The maximum Gasteiger partial charge on any atom is 0.340 e. The lowest BCUT2D eigenvalue weighted by atomic mass is 9.96. The van der Waals surface area contributed by atoms with Crippen LogP contribution in [0.5, 0.6) is 0 Å². The highest BCUT2D eigenvalue weighted by Crippen LogP contribution is 2.27. The molecule has 1 aliphatic carbocycles. The number of esters is 1. The maximum atomic E-state index is 13.2. The fraction of sp³-hybridized carbons (Fsp3) is 0.391. The Morgan fingerprint density at radius 1 is 1.00 bits per heavy atom. The molecule has 1 saturated heterocycles. The van der Waals surface area contributed by atoms with Gasteiger partial charge in [0.1, 0.15) is 0 Å². The zero-order valence-electron chi connectivity index (χ0n) is 17.6. The van der Waals surface area contributed by atoms with E-state index in [1.54, 1.807) is 0 Å². The van der Waals surface area contributed by atoms with E-state index in [1.165, 1.54) is 22.5 Å². The first-order valence-corrected chi connectivity index (χ1v) is 12.5. The zero-order valence-corrected chi connectivity index (χ0v) is 19.1. The largest absolute Gasteiger partial charge is 0.451 e. The molecular formula is C23H25ClN2O5S. The Kier molecular flexibility index (Phi) is 6.83. The summed E-state index contributed by atoms with van der Waals surface area (Å²) >= 11 is 6.17. The quantitative estimate of drug-likeness (QED) is 0.614. The van der Waals surface area contributed by atoms with Gasteiger partial charge in [-0.2, -0.15) is 4.31 Å². The summed E-state index contributed by atoms with van der Waals surface area (Å²) < 4.78 is 33.2. The van der Waals surface area contributed by atoms with Crippen LogP contribution < -0.4 is 4.90 Å². The molecule has 2 fully saturated rings. The molecule has 1 aliphatic heterocycles. The second-order valence-corrected chi connectivity index (χ2v) is 10.3. The van der Waals surface area contributed by atoms with Gasteiger partial charge in [0.25, 0.3) is 0 Å². The number of ether oxygens (including phenoxy) is 1. The van der Waals surface area contributed by atoms with Crippen LogP contribution in [0.25, 0.3) is 0 Å². The minimum absolute atomic E-state index is 0.0167. The number of sulfonamides is 1. The summed E-state index contributed by atoms with van der Waals surface area (Å²) in [5.41, 5.74) is 1.01. The van der Waals surface area contributed by atoms with E-state index in [0.717, 1.165) is 18.5 Å². The third-order valence-corrected chi connectivity index (χ3v) is 8.13. The number of ketones is 1. The molecule has 0 radical (unpaired) electrons. The smallest absolute Gasteiger partial charge is 0.340 e. The number of rotatable bonds is 5. The number of nitrogens with zero attached hydrogens (tertiary/aromatic N) is 2. The van der Waals surface area contributed by atoms with Crippen LogP contribution in [-0.2, 0) is 19.6 Å². The van der Waals surface area contributed by atoms with Gasteiger partial charge in [0.2, 0.25) is 10.0 Å². The molecule has 4 rings (SSSR count). The van der Waals surface area contributed by atoms with Gasteiger partial charge in [-0.05, 0) is 49.6 Å². The summed E-state index contributed by atoms with van der Waals surface area (Å²) in [4.78, 5) is 26.8. The number of hydrogen-bond donors (Lipinski definition) is 0. The van der Waals surface area contributed by atoms with E-state index in [0.29, 0.717) is 39.0 Å². The van der Waals surface area contributed by atoms with E-state index in [9.17, 15) is 18.0 Å². The Morgan fingerprint density at radius 3 is 2.41 bits per heavy atom. The average Bonchev–Trinajstić information content (AvgIpc) is 2.81. The lowest BCUT2D eigenvalue weighted by Gasteiger charge is -2.35. The second-order valence-electron chi connectivity index (χ2n) is 7.97. The van der Waals surface area contributed by atoms with Crippen molar-refractivity contribution in [1.29, 1.82) is 0 Å². The Balaban J connectivity index is 1.48. The molecule has 9 heteroatoms. The molecule has 1 atom stereocenters. The third-order valence-electron chi connectivity index (χ3n) is 5.90. The predicted octanol–water partition coefficient (Wildman–Crippen LogP) is 3.52. The number of para-hydroxylation sites is 1. The SMILES string of the molecule is O=C(OC1CCCCC1=O)c1cc(S(=O)(=O)N2CCN(c3ccccc3)CC2)ccc1Cl. The standard InChI is InChI=1S/C23H25ClN2O5S/c24-20-11-10-18(16-19(20)23(28)31-22-9-5-4-8-21(22)27)32(29,30)26-14-12-25(13-15-26)17-6-2-1-3-7-17/h1-3,6-7,10-11,16,22H,4-5,8-9,12-15H2. The van der Waals surface area contributed by atoms with Gasteiger partial charge in [-0.15, -0.1) is 0 Å². The van der Waals surface area contributed by atoms with E-state index in [2.05, 4.69) is 4.90 Å².